The van der Waals surface area contributed by atoms with E-state index in [1.165, 1.54) is 11.1 Å². The van der Waals surface area contributed by atoms with Crippen LogP contribution in [-0.2, 0) is 19.4 Å². The van der Waals surface area contributed by atoms with Crippen molar-refractivity contribution in [1.82, 2.24) is 9.78 Å². The highest BCUT2D eigenvalue weighted by Gasteiger charge is 2.12. The summed E-state index contributed by atoms with van der Waals surface area (Å²) in [6.45, 7) is 0.367. The molecule has 22 heavy (non-hydrogen) atoms. The number of carbonyl (C=O) groups is 1. The first-order valence-electron chi connectivity index (χ1n) is 7.55. The first-order valence-corrected chi connectivity index (χ1v) is 7.55. The summed E-state index contributed by atoms with van der Waals surface area (Å²) in [5, 5.41) is 13.4. The van der Waals surface area contributed by atoms with Gasteiger partial charge in [-0.15, -0.1) is 0 Å². The summed E-state index contributed by atoms with van der Waals surface area (Å²) in [6, 6.07) is 8.25. The molecule has 1 aromatic carbocycles. The summed E-state index contributed by atoms with van der Waals surface area (Å²) in [6.07, 6.45) is 5.28. The molecule has 1 N–H and O–H groups in total. The minimum absolute atomic E-state index is 0.0945. The average Bonchev–Trinajstić information content (AvgIpc) is 2.73. The predicted molar refractivity (Wildman–Crippen MR) is 82.3 cm³/mol. The van der Waals surface area contributed by atoms with E-state index < -0.39 is 5.97 Å². The molecule has 0 bridgehead atoms. The number of aryl methyl sites for hydroxylation is 2. The topological polar surface area (TPSA) is 72.2 Å². The lowest BCUT2D eigenvalue weighted by Gasteiger charge is -2.10. The molecule has 0 saturated carbocycles. The van der Waals surface area contributed by atoms with Gasteiger partial charge in [0.05, 0.1) is 17.8 Å². The van der Waals surface area contributed by atoms with Gasteiger partial charge in [0.15, 0.2) is 0 Å². The quantitative estimate of drug-likeness (QED) is 0.882. The first-order chi connectivity index (χ1) is 10.6. The second-order valence-corrected chi connectivity index (χ2v) is 5.67. The molecule has 0 aliphatic heterocycles. The standard InChI is InChI=1S/C17H18N2O3/c20-16-10-14-4-2-1-3-5-15(14)18-19(16)11-12-6-8-13(9-7-12)17(21)22/h6-10H,1-5,11H2,(H,21,22). The van der Waals surface area contributed by atoms with Gasteiger partial charge in [0.2, 0.25) is 0 Å². The maximum atomic E-state index is 12.2. The normalized spacial score (nSPS) is 14.2. The smallest absolute Gasteiger partial charge is 0.335 e. The van der Waals surface area contributed by atoms with Crippen molar-refractivity contribution in [3.8, 4) is 0 Å². The third kappa shape index (κ3) is 3.08. The molecule has 1 aliphatic carbocycles. The molecule has 0 atom stereocenters. The van der Waals surface area contributed by atoms with E-state index in [1.54, 1.807) is 30.3 Å². The van der Waals surface area contributed by atoms with E-state index in [2.05, 4.69) is 5.10 Å². The Morgan fingerprint density at radius 3 is 2.59 bits per heavy atom. The molecule has 2 aromatic rings. The summed E-state index contributed by atoms with van der Waals surface area (Å²) < 4.78 is 1.47. The van der Waals surface area contributed by atoms with E-state index in [9.17, 15) is 9.59 Å². The van der Waals surface area contributed by atoms with Crippen molar-refractivity contribution < 1.29 is 9.90 Å². The molecule has 1 heterocycles. The van der Waals surface area contributed by atoms with Crippen LogP contribution < -0.4 is 5.56 Å². The fourth-order valence-electron chi connectivity index (χ4n) is 2.82. The molecule has 0 spiro atoms. The summed E-state index contributed by atoms with van der Waals surface area (Å²) in [5.74, 6) is -0.952. The van der Waals surface area contributed by atoms with Gasteiger partial charge in [-0.25, -0.2) is 9.48 Å². The van der Waals surface area contributed by atoms with Crippen LogP contribution in [0.25, 0.3) is 0 Å². The molecule has 5 heteroatoms. The number of nitrogens with zero attached hydrogens (tertiary/aromatic N) is 2. The van der Waals surface area contributed by atoms with E-state index in [0.29, 0.717) is 6.54 Å². The molecular weight excluding hydrogens is 280 g/mol. The number of aromatic nitrogens is 2. The Balaban J connectivity index is 1.87. The van der Waals surface area contributed by atoms with Crippen molar-refractivity contribution in [2.24, 2.45) is 0 Å². The number of benzene rings is 1. The number of hydrogen-bond acceptors (Lipinski definition) is 3. The van der Waals surface area contributed by atoms with Gasteiger partial charge in [0, 0.05) is 6.07 Å². The number of aromatic carboxylic acids is 1. The molecule has 0 amide bonds. The van der Waals surface area contributed by atoms with Crippen LogP contribution in [-0.4, -0.2) is 20.9 Å². The maximum absolute atomic E-state index is 12.2. The van der Waals surface area contributed by atoms with E-state index in [1.807, 2.05) is 0 Å². The van der Waals surface area contributed by atoms with Crippen molar-refractivity contribution in [3.63, 3.8) is 0 Å². The van der Waals surface area contributed by atoms with Crippen molar-refractivity contribution in [2.75, 3.05) is 0 Å². The monoisotopic (exact) mass is 298 g/mol. The van der Waals surface area contributed by atoms with Crippen LogP contribution in [0.15, 0.2) is 35.1 Å². The number of hydrogen-bond donors (Lipinski definition) is 1. The highest BCUT2D eigenvalue weighted by Crippen LogP contribution is 2.17. The van der Waals surface area contributed by atoms with E-state index >= 15 is 0 Å². The van der Waals surface area contributed by atoms with Gasteiger partial charge >= 0.3 is 5.97 Å². The third-order valence-electron chi connectivity index (χ3n) is 4.06. The molecule has 0 fully saturated rings. The number of carboxylic acid groups (broad SMARTS) is 1. The van der Waals surface area contributed by atoms with Crippen LogP contribution in [0.5, 0.6) is 0 Å². The van der Waals surface area contributed by atoms with Gasteiger partial charge in [0.25, 0.3) is 5.56 Å². The van der Waals surface area contributed by atoms with Crippen molar-refractivity contribution in [2.45, 2.75) is 38.6 Å². The van der Waals surface area contributed by atoms with Crippen LogP contribution in [0.3, 0.4) is 0 Å². The minimum atomic E-state index is -0.952. The maximum Gasteiger partial charge on any atom is 0.335 e. The Kier molecular flexibility index (Phi) is 4.04. The van der Waals surface area contributed by atoms with Gasteiger partial charge in [-0.3, -0.25) is 4.79 Å². The zero-order chi connectivity index (χ0) is 15.5. The Hall–Kier alpha value is -2.43. The van der Waals surface area contributed by atoms with Gasteiger partial charge in [-0.1, -0.05) is 18.6 Å². The van der Waals surface area contributed by atoms with Crippen LogP contribution in [0.4, 0.5) is 0 Å². The number of fused-ring (bicyclic) bond motifs is 1. The second kappa shape index (κ2) is 6.13. The molecular formula is C17H18N2O3. The molecule has 1 aliphatic rings. The van der Waals surface area contributed by atoms with Gasteiger partial charge in [-0.05, 0) is 48.9 Å². The third-order valence-corrected chi connectivity index (χ3v) is 4.06. The molecule has 1 aromatic heterocycles. The van der Waals surface area contributed by atoms with E-state index in [-0.39, 0.29) is 11.1 Å². The molecule has 5 nitrogen and oxygen atoms in total. The minimum Gasteiger partial charge on any atom is -0.478 e. The summed E-state index contributed by atoms with van der Waals surface area (Å²) in [5.41, 5.74) is 3.13. The zero-order valence-electron chi connectivity index (χ0n) is 12.3. The number of rotatable bonds is 3. The van der Waals surface area contributed by atoms with Crippen molar-refractivity contribution >= 4 is 5.97 Å². The van der Waals surface area contributed by atoms with Crippen molar-refractivity contribution in [1.29, 1.82) is 0 Å². The lowest BCUT2D eigenvalue weighted by molar-refractivity contribution is 0.0697. The molecule has 3 rings (SSSR count). The average molecular weight is 298 g/mol. The summed E-state index contributed by atoms with van der Waals surface area (Å²) in [7, 11) is 0. The van der Waals surface area contributed by atoms with Gasteiger partial charge < -0.3 is 5.11 Å². The number of carboxylic acids is 1. The summed E-state index contributed by atoms with van der Waals surface area (Å²) >= 11 is 0. The Bertz CT molecular complexity index is 747. The van der Waals surface area contributed by atoms with Crippen LogP contribution in [0.2, 0.25) is 0 Å². The highest BCUT2D eigenvalue weighted by atomic mass is 16.4. The van der Waals surface area contributed by atoms with Gasteiger partial charge in [-0.2, -0.15) is 5.10 Å². The summed E-state index contributed by atoms with van der Waals surface area (Å²) in [4.78, 5) is 23.0. The predicted octanol–water partition coefficient (Wildman–Crippen LogP) is 2.26. The largest absolute Gasteiger partial charge is 0.478 e. The molecule has 114 valence electrons. The second-order valence-electron chi connectivity index (χ2n) is 5.67. The SMILES string of the molecule is O=C(O)c1ccc(Cn2nc3c(cc2=O)CCCCC3)cc1. The molecule has 0 saturated heterocycles. The van der Waals surface area contributed by atoms with Crippen LogP contribution in [0.1, 0.15) is 46.4 Å². The Labute approximate surface area is 128 Å². The van der Waals surface area contributed by atoms with Crippen LogP contribution >= 0.6 is 0 Å². The highest BCUT2D eigenvalue weighted by molar-refractivity contribution is 5.87. The molecule has 0 radical (unpaired) electrons. The van der Waals surface area contributed by atoms with E-state index in [0.717, 1.165) is 42.5 Å². The van der Waals surface area contributed by atoms with Crippen LogP contribution in [0, 0.1) is 0 Å². The fraction of sp³-hybridized carbons (Fsp3) is 0.353. The lowest BCUT2D eigenvalue weighted by atomic mass is 10.1. The van der Waals surface area contributed by atoms with Gasteiger partial charge in [0.1, 0.15) is 0 Å². The Morgan fingerprint density at radius 1 is 1.14 bits per heavy atom. The van der Waals surface area contributed by atoms with Crippen molar-refractivity contribution in [3.05, 3.63) is 63.1 Å². The fourth-order valence-corrected chi connectivity index (χ4v) is 2.82. The lowest BCUT2D eigenvalue weighted by Crippen LogP contribution is -2.25. The Morgan fingerprint density at radius 2 is 1.86 bits per heavy atom. The molecule has 0 unspecified atom stereocenters. The van der Waals surface area contributed by atoms with E-state index in [4.69, 9.17) is 5.11 Å². The zero-order valence-corrected chi connectivity index (χ0v) is 12.3. The first kappa shape index (κ1) is 14.5.